The van der Waals surface area contributed by atoms with Gasteiger partial charge in [-0.2, -0.15) is 0 Å². The van der Waals surface area contributed by atoms with E-state index in [-0.39, 0.29) is 12.3 Å². The Morgan fingerprint density at radius 3 is 2.35 bits per heavy atom. The summed E-state index contributed by atoms with van der Waals surface area (Å²) in [6.07, 6.45) is -0.0616. The molecule has 0 saturated carbocycles. The van der Waals surface area contributed by atoms with Crippen LogP contribution in [-0.2, 0) is 11.2 Å². The van der Waals surface area contributed by atoms with Gasteiger partial charge in [0.25, 0.3) is 0 Å². The van der Waals surface area contributed by atoms with Crippen molar-refractivity contribution in [2.24, 2.45) is 0 Å². The highest BCUT2D eigenvalue weighted by atomic mass is 16.5. The van der Waals surface area contributed by atoms with Crippen LogP contribution in [0.4, 0.5) is 0 Å². The summed E-state index contributed by atoms with van der Waals surface area (Å²) in [4.78, 5) is 10.9. The summed E-state index contributed by atoms with van der Waals surface area (Å²) in [5, 5.41) is 8.96. The van der Waals surface area contributed by atoms with E-state index in [0.29, 0.717) is 17.1 Å². The summed E-state index contributed by atoms with van der Waals surface area (Å²) in [6, 6.07) is 3.70. The maximum Gasteiger partial charge on any atom is 0.307 e. The van der Waals surface area contributed by atoms with Crippen LogP contribution in [0.15, 0.2) is 12.1 Å². The van der Waals surface area contributed by atoms with Crippen LogP contribution in [-0.4, -0.2) is 25.3 Å². The maximum absolute atomic E-state index is 10.9. The second-order valence-electron chi connectivity index (χ2n) is 4.09. The Morgan fingerprint density at radius 1 is 1.29 bits per heavy atom. The van der Waals surface area contributed by atoms with E-state index in [1.807, 2.05) is 19.9 Å². The zero-order valence-electron chi connectivity index (χ0n) is 10.6. The van der Waals surface area contributed by atoms with Crippen LogP contribution in [0.1, 0.15) is 30.9 Å². The van der Waals surface area contributed by atoms with Crippen LogP contribution in [0, 0.1) is 0 Å². The lowest BCUT2D eigenvalue weighted by molar-refractivity contribution is -0.136. The summed E-state index contributed by atoms with van der Waals surface area (Å²) >= 11 is 0. The molecule has 0 aromatic heterocycles. The third kappa shape index (κ3) is 2.90. The number of ether oxygens (including phenoxy) is 2. The number of carboxylic acids is 1. The van der Waals surface area contributed by atoms with Crippen molar-refractivity contribution in [3.63, 3.8) is 0 Å². The summed E-state index contributed by atoms with van der Waals surface area (Å²) in [5.41, 5.74) is 1.67. The highest BCUT2D eigenvalue weighted by molar-refractivity contribution is 5.73. The fourth-order valence-electron chi connectivity index (χ4n) is 1.88. The van der Waals surface area contributed by atoms with Gasteiger partial charge in [0.1, 0.15) is 0 Å². The van der Waals surface area contributed by atoms with Gasteiger partial charge in [-0.1, -0.05) is 19.9 Å². The van der Waals surface area contributed by atoms with Crippen molar-refractivity contribution in [1.29, 1.82) is 0 Å². The first-order valence-corrected chi connectivity index (χ1v) is 5.46. The number of hydrogen-bond acceptors (Lipinski definition) is 3. The molecule has 0 aliphatic rings. The van der Waals surface area contributed by atoms with E-state index in [1.54, 1.807) is 6.07 Å². The van der Waals surface area contributed by atoms with E-state index in [2.05, 4.69) is 0 Å². The quantitative estimate of drug-likeness (QED) is 0.856. The number of benzene rings is 1. The van der Waals surface area contributed by atoms with Crippen molar-refractivity contribution in [3.8, 4) is 11.5 Å². The third-order valence-electron chi connectivity index (χ3n) is 2.63. The molecule has 0 bridgehead atoms. The van der Waals surface area contributed by atoms with Gasteiger partial charge in [-0.3, -0.25) is 4.79 Å². The van der Waals surface area contributed by atoms with E-state index < -0.39 is 5.97 Å². The smallest absolute Gasteiger partial charge is 0.307 e. The molecule has 0 unspecified atom stereocenters. The number of carbonyl (C=O) groups is 1. The van der Waals surface area contributed by atoms with Crippen LogP contribution >= 0.6 is 0 Å². The lowest BCUT2D eigenvalue weighted by atomic mass is 9.94. The third-order valence-corrected chi connectivity index (χ3v) is 2.63. The zero-order chi connectivity index (χ0) is 13.0. The molecule has 17 heavy (non-hydrogen) atoms. The topological polar surface area (TPSA) is 55.8 Å². The molecule has 4 nitrogen and oxygen atoms in total. The van der Waals surface area contributed by atoms with Gasteiger partial charge in [0.05, 0.1) is 20.6 Å². The molecule has 1 aromatic carbocycles. The highest BCUT2D eigenvalue weighted by Gasteiger charge is 2.18. The Labute approximate surface area is 101 Å². The molecular formula is C13H18O4. The van der Waals surface area contributed by atoms with Crippen molar-refractivity contribution in [3.05, 3.63) is 23.3 Å². The Balaban J connectivity index is 3.38. The molecule has 1 rings (SSSR count). The van der Waals surface area contributed by atoms with Crippen LogP contribution in [0.3, 0.4) is 0 Å². The first-order valence-electron chi connectivity index (χ1n) is 5.46. The lowest BCUT2D eigenvalue weighted by Gasteiger charge is -2.17. The van der Waals surface area contributed by atoms with Crippen molar-refractivity contribution >= 4 is 5.97 Å². The molecule has 0 spiro atoms. The molecule has 0 heterocycles. The number of carboxylic acid groups (broad SMARTS) is 1. The van der Waals surface area contributed by atoms with Crippen LogP contribution < -0.4 is 9.47 Å². The van der Waals surface area contributed by atoms with Gasteiger partial charge in [0, 0.05) is 5.56 Å². The highest BCUT2D eigenvalue weighted by Crippen LogP contribution is 2.36. The lowest BCUT2D eigenvalue weighted by Crippen LogP contribution is -2.08. The van der Waals surface area contributed by atoms with Gasteiger partial charge in [0.2, 0.25) is 0 Å². The Hall–Kier alpha value is -1.71. The number of rotatable bonds is 5. The Kier molecular flexibility index (Phi) is 4.37. The molecule has 0 aliphatic heterocycles. The summed E-state index contributed by atoms with van der Waals surface area (Å²) in [5.74, 6) is 0.442. The molecule has 0 aliphatic carbocycles. The first kappa shape index (κ1) is 13.4. The minimum absolute atomic E-state index is 0.0616. The average Bonchev–Trinajstić information content (AvgIpc) is 2.27. The van der Waals surface area contributed by atoms with Gasteiger partial charge in [0.15, 0.2) is 11.5 Å². The van der Waals surface area contributed by atoms with E-state index >= 15 is 0 Å². The largest absolute Gasteiger partial charge is 0.493 e. The number of aliphatic carboxylic acids is 1. The van der Waals surface area contributed by atoms with Crippen LogP contribution in [0.2, 0.25) is 0 Å². The second-order valence-corrected chi connectivity index (χ2v) is 4.09. The van der Waals surface area contributed by atoms with Crippen molar-refractivity contribution in [2.45, 2.75) is 26.2 Å². The van der Waals surface area contributed by atoms with E-state index in [9.17, 15) is 4.79 Å². The van der Waals surface area contributed by atoms with Gasteiger partial charge in [-0.05, 0) is 17.5 Å². The molecule has 1 N–H and O–H groups in total. The van der Waals surface area contributed by atoms with Crippen LogP contribution in [0.5, 0.6) is 11.5 Å². The predicted octanol–water partition coefficient (Wildman–Crippen LogP) is 2.45. The molecular weight excluding hydrogens is 220 g/mol. The Bertz CT molecular complexity index is 410. The minimum Gasteiger partial charge on any atom is -0.493 e. The second kappa shape index (κ2) is 5.57. The molecule has 94 valence electrons. The number of methoxy groups -OCH3 is 2. The fourth-order valence-corrected chi connectivity index (χ4v) is 1.88. The summed E-state index contributed by atoms with van der Waals surface area (Å²) in [6.45, 7) is 4.04. The van der Waals surface area contributed by atoms with Gasteiger partial charge >= 0.3 is 5.97 Å². The number of hydrogen-bond donors (Lipinski definition) is 1. The van der Waals surface area contributed by atoms with E-state index in [4.69, 9.17) is 14.6 Å². The molecule has 0 saturated heterocycles. The fraction of sp³-hybridized carbons (Fsp3) is 0.462. The molecule has 1 aromatic rings. The van der Waals surface area contributed by atoms with E-state index in [1.165, 1.54) is 14.2 Å². The normalized spacial score (nSPS) is 10.4. The minimum atomic E-state index is -0.876. The Morgan fingerprint density at radius 2 is 1.94 bits per heavy atom. The van der Waals surface area contributed by atoms with Gasteiger partial charge < -0.3 is 14.6 Å². The van der Waals surface area contributed by atoms with Crippen LogP contribution in [0.25, 0.3) is 0 Å². The molecule has 0 radical (unpaired) electrons. The van der Waals surface area contributed by atoms with Gasteiger partial charge in [-0.15, -0.1) is 0 Å². The monoisotopic (exact) mass is 238 g/mol. The van der Waals surface area contributed by atoms with Crippen molar-refractivity contribution < 1.29 is 19.4 Å². The van der Waals surface area contributed by atoms with Crippen molar-refractivity contribution in [1.82, 2.24) is 0 Å². The molecule has 0 fully saturated rings. The summed E-state index contributed by atoms with van der Waals surface area (Å²) < 4.78 is 10.4. The predicted molar refractivity (Wildman–Crippen MR) is 65.0 cm³/mol. The summed E-state index contributed by atoms with van der Waals surface area (Å²) in [7, 11) is 3.06. The zero-order valence-corrected chi connectivity index (χ0v) is 10.6. The average molecular weight is 238 g/mol. The SMILES string of the molecule is COc1ccc(C(C)C)c(CC(=O)O)c1OC. The van der Waals surface area contributed by atoms with E-state index in [0.717, 1.165) is 5.56 Å². The molecule has 4 heteroatoms. The maximum atomic E-state index is 10.9. The van der Waals surface area contributed by atoms with Gasteiger partial charge in [-0.25, -0.2) is 0 Å². The first-order chi connectivity index (χ1) is 8.01. The van der Waals surface area contributed by atoms with Crippen molar-refractivity contribution in [2.75, 3.05) is 14.2 Å². The molecule has 0 atom stereocenters. The standard InChI is InChI=1S/C13H18O4/c1-8(2)9-5-6-11(16-3)13(17-4)10(9)7-12(14)15/h5-6,8H,7H2,1-4H3,(H,14,15). The molecule has 0 amide bonds.